The summed E-state index contributed by atoms with van der Waals surface area (Å²) in [6.45, 7) is 5.70. The molecule has 5 rings (SSSR count). The Labute approximate surface area is 194 Å². The number of nitrogens with one attached hydrogen (secondary N) is 1. The van der Waals surface area contributed by atoms with E-state index >= 15 is 0 Å². The highest BCUT2D eigenvalue weighted by Crippen LogP contribution is 2.30. The van der Waals surface area contributed by atoms with Crippen LogP contribution in [0.4, 0.5) is 0 Å². The van der Waals surface area contributed by atoms with Crippen molar-refractivity contribution in [1.29, 1.82) is 0 Å². The zero-order chi connectivity index (χ0) is 23.1. The standard InChI is InChI=1S/C26H22N4O2S/c1-15-12-13-22(27-14-15)30-25(32)19-9-5-7-11-21(19)29-26(30)33-17(3)24(31)23-16(2)28-20-10-6-4-8-18(20)23/h4-14,17,28H,1-3H3. The predicted molar refractivity (Wildman–Crippen MR) is 133 cm³/mol. The average Bonchev–Trinajstić information content (AvgIpc) is 3.15. The van der Waals surface area contributed by atoms with E-state index in [1.165, 1.54) is 16.3 Å². The molecule has 0 radical (unpaired) electrons. The molecule has 0 fully saturated rings. The number of H-pyrrole nitrogens is 1. The zero-order valence-electron chi connectivity index (χ0n) is 18.5. The molecule has 0 spiro atoms. The highest BCUT2D eigenvalue weighted by Gasteiger charge is 2.25. The number of ketones is 1. The van der Waals surface area contributed by atoms with E-state index in [1.54, 1.807) is 18.3 Å². The summed E-state index contributed by atoms with van der Waals surface area (Å²) in [7, 11) is 0. The zero-order valence-corrected chi connectivity index (χ0v) is 19.3. The number of carbonyl (C=O) groups is 1. The second kappa shape index (κ2) is 8.33. The molecule has 0 saturated carbocycles. The lowest BCUT2D eigenvalue weighted by molar-refractivity contribution is 0.0995. The third kappa shape index (κ3) is 3.74. The highest BCUT2D eigenvalue weighted by atomic mass is 32.2. The van der Waals surface area contributed by atoms with Gasteiger partial charge < -0.3 is 4.98 Å². The first kappa shape index (κ1) is 21.2. The maximum atomic E-state index is 13.5. The lowest BCUT2D eigenvalue weighted by atomic mass is 10.1. The fourth-order valence-electron chi connectivity index (χ4n) is 3.99. The van der Waals surface area contributed by atoms with E-state index in [-0.39, 0.29) is 11.3 Å². The molecule has 1 atom stereocenters. The molecule has 0 bridgehead atoms. The summed E-state index contributed by atoms with van der Waals surface area (Å²) < 4.78 is 1.50. The van der Waals surface area contributed by atoms with Crippen molar-refractivity contribution in [1.82, 2.24) is 19.5 Å². The van der Waals surface area contributed by atoms with E-state index in [2.05, 4.69) is 9.97 Å². The second-order valence-corrected chi connectivity index (χ2v) is 9.35. The quantitative estimate of drug-likeness (QED) is 0.223. The van der Waals surface area contributed by atoms with Crippen LogP contribution in [0.1, 0.15) is 28.5 Å². The number of Topliss-reactive ketones (excluding diaryl/α,β-unsaturated/α-hetero) is 1. The molecule has 0 aliphatic heterocycles. The van der Waals surface area contributed by atoms with Crippen molar-refractivity contribution in [2.75, 3.05) is 0 Å². The maximum absolute atomic E-state index is 13.5. The molecule has 6 nitrogen and oxygen atoms in total. The van der Waals surface area contributed by atoms with Crippen molar-refractivity contribution in [3.05, 3.63) is 94.0 Å². The number of nitrogens with zero attached hydrogens (tertiary/aromatic N) is 3. The summed E-state index contributed by atoms with van der Waals surface area (Å²) in [4.78, 5) is 39.4. The number of hydrogen-bond donors (Lipinski definition) is 1. The predicted octanol–water partition coefficient (Wildman–Crippen LogP) is 5.24. The Balaban J connectivity index is 1.61. The number of aryl methyl sites for hydroxylation is 2. The molecular formula is C26H22N4O2S. The van der Waals surface area contributed by atoms with Crippen LogP contribution in [0, 0.1) is 13.8 Å². The minimum absolute atomic E-state index is 0.0132. The van der Waals surface area contributed by atoms with Gasteiger partial charge in [0.15, 0.2) is 10.9 Å². The van der Waals surface area contributed by atoms with Crippen LogP contribution in [0.25, 0.3) is 27.6 Å². The summed E-state index contributed by atoms with van der Waals surface area (Å²) in [5, 5.41) is 1.38. The maximum Gasteiger partial charge on any atom is 0.267 e. The van der Waals surface area contributed by atoms with Crippen LogP contribution in [-0.2, 0) is 0 Å². The molecule has 1 N–H and O–H groups in total. The molecule has 0 amide bonds. The summed E-state index contributed by atoms with van der Waals surface area (Å²) >= 11 is 1.27. The van der Waals surface area contributed by atoms with Crippen LogP contribution >= 0.6 is 11.8 Å². The first-order chi connectivity index (χ1) is 15.9. The number of fused-ring (bicyclic) bond motifs is 2. The lowest BCUT2D eigenvalue weighted by Crippen LogP contribution is -2.24. The van der Waals surface area contributed by atoms with Gasteiger partial charge in [0.2, 0.25) is 0 Å². The molecule has 5 aromatic rings. The second-order valence-electron chi connectivity index (χ2n) is 8.04. The van der Waals surface area contributed by atoms with Gasteiger partial charge in [0.05, 0.1) is 16.2 Å². The van der Waals surface area contributed by atoms with Crippen molar-refractivity contribution in [2.24, 2.45) is 0 Å². The first-order valence-corrected chi connectivity index (χ1v) is 11.5. The number of thioether (sulfide) groups is 1. The van der Waals surface area contributed by atoms with Crippen LogP contribution in [-0.4, -0.2) is 30.6 Å². The molecule has 0 saturated heterocycles. The molecule has 0 aliphatic rings. The lowest BCUT2D eigenvalue weighted by Gasteiger charge is -2.15. The van der Waals surface area contributed by atoms with Crippen molar-refractivity contribution in [3.63, 3.8) is 0 Å². The fourth-order valence-corrected chi connectivity index (χ4v) is 4.97. The van der Waals surface area contributed by atoms with Crippen LogP contribution < -0.4 is 5.56 Å². The van der Waals surface area contributed by atoms with E-state index in [0.717, 1.165) is 22.2 Å². The van der Waals surface area contributed by atoms with Gasteiger partial charge >= 0.3 is 0 Å². The van der Waals surface area contributed by atoms with Crippen molar-refractivity contribution < 1.29 is 4.79 Å². The Kier molecular flexibility index (Phi) is 5.34. The van der Waals surface area contributed by atoms with E-state index in [4.69, 9.17) is 4.98 Å². The molecule has 0 aliphatic carbocycles. The monoisotopic (exact) mass is 454 g/mol. The molecule has 33 heavy (non-hydrogen) atoms. The summed E-state index contributed by atoms with van der Waals surface area (Å²) in [5.41, 5.74) is 3.82. The number of aromatic nitrogens is 4. The number of carbonyl (C=O) groups excluding carboxylic acids is 1. The number of hydrogen-bond acceptors (Lipinski definition) is 5. The van der Waals surface area contributed by atoms with Gasteiger partial charge in [0.1, 0.15) is 5.82 Å². The largest absolute Gasteiger partial charge is 0.358 e. The molecular weight excluding hydrogens is 432 g/mol. The number of para-hydroxylation sites is 2. The molecule has 3 aromatic heterocycles. The van der Waals surface area contributed by atoms with E-state index in [1.807, 2.05) is 69.3 Å². The summed E-state index contributed by atoms with van der Waals surface area (Å²) in [6.07, 6.45) is 1.72. The molecule has 3 heterocycles. The van der Waals surface area contributed by atoms with Gasteiger partial charge in [-0.25, -0.2) is 14.5 Å². The van der Waals surface area contributed by atoms with Crippen LogP contribution in [0.2, 0.25) is 0 Å². The smallest absolute Gasteiger partial charge is 0.267 e. The third-order valence-corrected chi connectivity index (χ3v) is 6.71. The van der Waals surface area contributed by atoms with Gasteiger partial charge in [-0.15, -0.1) is 0 Å². The van der Waals surface area contributed by atoms with E-state index < -0.39 is 5.25 Å². The third-order valence-electron chi connectivity index (χ3n) is 5.66. The number of benzene rings is 2. The van der Waals surface area contributed by atoms with E-state index in [9.17, 15) is 9.59 Å². The highest BCUT2D eigenvalue weighted by molar-refractivity contribution is 8.00. The summed E-state index contributed by atoms with van der Waals surface area (Å²) in [6, 6.07) is 18.7. The summed E-state index contributed by atoms with van der Waals surface area (Å²) in [5.74, 6) is 0.468. The normalized spacial score (nSPS) is 12.3. The Hall–Kier alpha value is -3.71. The van der Waals surface area contributed by atoms with Gasteiger partial charge in [-0.05, 0) is 50.6 Å². The number of aromatic amines is 1. The molecule has 2 aromatic carbocycles. The van der Waals surface area contributed by atoms with E-state index in [0.29, 0.717) is 27.4 Å². The van der Waals surface area contributed by atoms with Gasteiger partial charge in [0, 0.05) is 28.4 Å². The Morgan fingerprint density at radius 1 is 1.00 bits per heavy atom. The van der Waals surface area contributed by atoms with Gasteiger partial charge in [-0.3, -0.25) is 9.59 Å². The van der Waals surface area contributed by atoms with Crippen LogP contribution in [0.3, 0.4) is 0 Å². The van der Waals surface area contributed by atoms with Crippen molar-refractivity contribution in [2.45, 2.75) is 31.2 Å². The van der Waals surface area contributed by atoms with Crippen LogP contribution in [0.15, 0.2) is 76.8 Å². The first-order valence-electron chi connectivity index (χ1n) is 10.7. The van der Waals surface area contributed by atoms with Gasteiger partial charge in [0.25, 0.3) is 5.56 Å². The molecule has 164 valence electrons. The average molecular weight is 455 g/mol. The fraction of sp³-hybridized carbons (Fsp3) is 0.154. The SMILES string of the molecule is Cc1ccc(-n2c(SC(C)C(=O)c3c(C)[nH]c4ccccc34)nc3ccccc3c2=O)nc1. The van der Waals surface area contributed by atoms with Crippen LogP contribution in [0.5, 0.6) is 0 Å². The molecule has 1 unspecified atom stereocenters. The van der Waals surface area contributed by atoms with Gasteiger partial charge in [-0.1, -0.05) is 48.2 Å². The Bertz CT molecular complexity index is 1570. The Morgan fingerprint density at radius 2 is 1.73 bits per heavy atom. The van der Waals surface area contributed by atoms with Crippen molar-refractivity contribution >= 4 is 39.4 Å². The topological polar surface area (TPSA) is 80.6 Å². The number of pyridine rings is 1. The molecule has 7 heteroatoms. The van der Waals surface area contributed by atoms with Gasteiger partial charge in [-0.2, -0.15) is 0 Å². The number of rotatable bonds is 5. The van der Waals surface area contributed by atoms with Crippen molar-refractivity contribution in [3.8, 4) is 5.82 Å². The Morgan fingerprint density at radius 3 is 2.48 bits per heavy atom. The minimum atomic E-state index is -0.465. The minimum Gasteiger partial charge on any atom is -0.358 e.